The summed E-state index contributed by atoms with van der Waals surface area (Å²) in [6.45, 7) is -0.228. The van der Waals surface area contributed by atoms with Crippen molar-refractivity contribution in [3.05, 3.63) is 66.7 Å². The molecule has 6 nitrogen and oxygen atoms in total. The molecule has 3 N–H and O–H groups in total. The van der Waals surface area contributed by atoms with E-state index in [4.69, 9.17) is 9.84 Å². The van der Waals surface area contributed by atoms with E-state index in [1.54, 1.807) is 36.4 Å². The molecule has 25 heavy (non-hydrogen) atoms. The van der Waals surface area contributed by atoms with Crippen LogP contribution >= 0.6 is 0 Å². The normalized spacial score (nSPS) is 10.2. The number of pyridine rings is 1. The number of rotatable bonds is 6. The fourth-order valence-electron chi connectivity index (χ4n) is 2.28. The standard InChI is InChI=1S/C19H16N2O4/c22-16-10-9-14(11-15(16)13-5-2-1-3-6-13)25-18-8-4-7-17(21-18)20-12-19(23)24/h1-11,22H,12H2,(H,20,21)(H,23,24). The average molecular weight is 336 g/mol. The lowest BCUT2D eigenvalue weighted by molar-refractivity contribution is -0.134. The highest BCUT2D eigenvalue weighted by molar-refractivity contribution is 5.72. The Hall–Kier alpha value is -3.54. The minimum Gasteiger partial charge on any atom is -0.507 e. The molecule has 6 heteroatoms. The number of aliphatic carboxylic acids is 1. The summed E-state index contributed by atoms with van der Waals surface area (Å²) in [5.74, 6) is 0.420. The summed E-state index contributed by atoms with van der Waals surface area (Å²) in [6.07, 6.45) is 0. The highest BCUT2D eigenvalue weighted by Gasteiger charge is 2.08. The van der Waals surface area contributed by atoms with Gasteiger partial charge in [-0.05, 0) is 29.8 Å². The van der Waals surface area contributed by atoms with Crippen LogP contribution in [0.5, 0.6) is 17.4 Å². The number of phenolic OH excluding ortho intramolecular Hbond substituents is 1. The van der Waals surface area contributed by atoms with Crippen LogP contribution in [0.3, 0.4) is 0 Å². The van der Waals surface area contributed by atoms with Crippen molar-refractivity contribution in [1.82, 2.24) is 4.98 Å². The second kappa shape index (κ2) is 7.35. The maximum absolute atomic E-state index is 10.6. The van der Waals surface area contributed by atoms with Gasteiger partial charge < -0.3 is 20.3 Å². The van der Waals surface area contributed by atoms with E-state index < -0.39 is 5.97 Å². The van der Waals surface area contributed by atoms with Gasteiger partial charge in [-0.3, -0.25) is 4.79 Å². The third-order valence-electron chi connectivity index (χ3n) is 3.42. The first-order valence-electron chi connectivity index (χ1n) is 7.61. The van der Waals surface area contributed by atoms with E-state index in [9.17, 15) is 9.90 Å². The van der Waals surface area contributed by atoms with Crippen LogP contribution in [0.4, 0.5) is 5.82 Å². The van der Waals surface area contributed by atoms with Crippen LogP contribution in [0.25, 0.3) is 11.1 Å². The molecule has 0 saturated carbocycles. The van der Waals surface area contributed by atoms with E-state index in [0.717, 1.165) is 5.56 Å². The second-order valence-corrected chi connectivity index (χ2v) is 5.26. The van der Waals surface area contributed by atoms with Crippen LogP contribution < -0.4 is 10.1 Å². The summed E-state index contributed by atoms with van der Waals surface area (Å²) < 4.78 is 5.73. The maximum atomic E-state index is 10.6. The van der Waals surface area contributed by atoms with Gasteiger partial charge in [0.15, 0.2) is 0 Å². The molecule has 0 aliphatic heterocycles. The van der Waals surface area contributed by atoms with Gasteiger partial charge in [0.1, 0.15) is 23.9 Å². The van der Waals surface area contributed by atoms with Crippen molar-refractivity contribution in [3.8, 4) is 28.5 Å². The topological polar surface area (TPSA) is 91.7 Å². The number of anilines is 1. The van der Waals surface area contributed by atoms with Gasteiger partial charge in [0.2, 0.25) is 5.88 Å². The highest BCUT2D eigenvalue weighted by atomic mass is 16.5. The minimum atomic E-state index is -0.973. The quantitative estimate of drug-likeness (QED) is 0.635. The number of phenols is 1. The summed E-state index contributed by atoms with van der Waals surface area (Å²) in [5.41, 5.74) is 1.52. The van der Waals surface area contributed by atoms with Crippen molar-refractivity contribution in [2.75, 3.05) is 11.9 Å². The van der Waals surface area contributed by atoms with E-state index >= 15 is 0 Å². The molecular formula is C19H16N2O4. The van der Waals surface area contributed by atoms with Gasteiger partial charge in [-0.1, -0.05) is 36.4 Å². The van der Waals surface area contributed by atoms with Crippen molar-refractivity contribution in [1.29, 1.82) is 0 Å². The Bertz CT molecular complexity index is 882. The predicted octanol–water partition coefficient (Wildman–Crippen LogP) is 3.74. The van der Waals surface area contributed by atoms with E-state index in [0.29, 0.717) is 23.0 Å². The van der Waals surface area contributed by atoms with Crippen LogP contribution in [0.2, 0.25) is 0 Å². The number of hydrogen-bond acceptors (Lipinski definition) is 5. The fraction of sp³-hybridized carbons (Fsp3) is 0.0526. The first kappa shape index (κ1) is 16.3. The maximum Gasteiger partial charge on any atom is 0.322 e. The lowest BCUT2D eigenvalue weighted by Gasteiger charge is -2.10. The average Bonchev–Trinajstić information content (AvgIpc) is 2.63. The van der Waals surface area contributed by atoms with E-state index in [2.05, 4.69) is 10.3 Å². The van der Waals surface area contributed by atoms with E-state index in [1.807, 2.05) is 30.3 Å². The van der Waals surface area contributed by atoms with Crippen molar-refractivity contribution < 1.29 is 19.7 Å². The Morgan fingerprint density at radius 1 is 1.04 bits per heavy atom. The Kier molecular flexibility index (Phi) is 4.80. The van der Waals surface area contributed by atoms with Crippen LogP contribution in [0, 0.1) is 0 Å². The van der Waals surface area contributed by atoms with Crippen LogP contribution in [0.15, 0.2) is 66.7 Å². The molecule has 2 aromatic carbocycles. The Labute approximate surface area is 144 Å². The number of carboxylic acid groups (broad SMARTS) is 1. The molecule has 0 aliphatic rings. The van der Waals surface area contributed by atoms with Gasteiger partial charge >= 0.3 is 5.97 Å². The molecule has 3 rings (SSSR count). The van der Waals surface area contributed by atoms with Crippen LogP contribution in [-0.4, -0.2) is 27.7 Å². The fourth-order valence-corrected chi connectivity index (χ4v) is 2.28. The number of nitrogens with one attached hydrogen (secondary N) is 1. The smallest absolute Gasteiger partial charge is 0.322 e. The van der Waals surface area contributed by atoms with Crippen LogP contribution in [-0.2, 0) is 4.79 Å². The zero-order chi connectivity index (χ0) is 17.6. The predicted molar refractivity (Wildman–Crippen MR) is 94.0 cm³/mol. The Balaban J connectivity index is 1.82. The van der Waals surface area contributed by atoms with Gasteiger partial charge in [0, 0.05) is 11.6 Å². The number of benzene rings is 2. The second-order valence-electron chi connectivity index (χ2n) is 5.26. The molecule has 1 heterocycles. The molecule has 0 amide bonds. The molecule has 0 fully saturated rings. The van der Waals surface area contributed by atoms with Crippen molar-refractivity contribution in [2.45, 2.75) is 0 Å². The number of ether oxygens (including phenoxy) is 1. The number of carbonyl (C=O) groups is 1. The number of nitrogens with zero attached hydrogens (tertiary/aromatic N) is 1. The first-order valence-corrected chi connectivity index (χ1v) is 7.61. The summed E-state index contributed by atoms with van der Waals surface area (Å²) in [6, 6.07) is 19.4. The molecule has 0 atom stereocenters. The van der Waals surface area contributed by atoms with Crippen molar-refractivity contribution in [3.63, 3.8) is 0 Å². The molecule has 3 aromatic rings. The Morgan fingerprint density at radius 3 is 2.60 bits per heavy atom. The summed E-state index contributed by atoms with van der Waals surface area (Å²) in [4.78, 5) is 14.8. The number of carboxylic acids is 1. The third kappa shape index (κ3) is 4.26. The van der Waals surface area contributed by atoms with Crippen molar-refractivity contribution in [2.24, 2.45) is 0 Å². The monoisotopic (exact) mass is 336 g/mol. The summed E-state index contributed by atoms with van der Waals surface area (Å²) in [7, 11) is 0. The summed E-state index contributed by atoms with van der Waals surface area (Å²) >= 11 is 0. The zero-order valence-corrected chi connectivity index (χ0v) is 13.2. The SMILES string of the molecule is O=C(O)CNc1cccc(Oc2ccc(O)c(-c3ccccc3)c2)n1. The molecule has 0 saturated heterocycles. The molecule has 0 radical (unpaired) electrons. The molecular weight excluding hydrogens is 320 g/mol. The molecule has 0 bridgehead atoms. The lowest BCUT2D eigenvalue weighted by atomic mass is 10.0. The molecule has 0 spiro atoms. The first-order chi connectivity index (χ1) is 12.1. The zero-order valence-electron chi connectivity index (χ0n) is 13.2. The third-order valence-corrected chi connectivity index (χ3v) is 3.42. The van der Waals surface area contributed by atoms with Crippen molar-refractivity contribution >= 4 is 11.8 Å². The van der Waals surface area contributed by atoms with Gasteiger partial charge in [0.05, 0.1) is 0 Å². The molecule has 0 unspecified atom stereocenters. The van der Waals surface area contributed by atoms with Crippen LogP contribution in [0.1, 0.15) is 0 Å². The van der Waals surface area contributed by atoms with Gasteiger partial charge in [-0.2, -0.15) is 4.98 Å². The summed E-state index contributed by atoms with van der Waals surface area (Å²) in [5, 5.41) is 21.5. The number of aromatic nitrogens is 1. The molecule has 126 valence electrons. The lowest BCUT2D eigenvalue weighted by Crippen LogP contribution is -2.13. The number of hydrogen-bond donors (Lipinski definition) is 3. The molecule has 0 aliphatic carbocycles. The molecule has 1 aromatic heterocycles. The largest absolute Gasteiger partial charge is 0.507 e. The van der Waals surface area contributed by atoms with E-state index in [1.165, 1.54) is 0 Å². The highest BCUT2D eigenvalue weighted by Crippen LogP contribution is 2.33. The number of aromatic hydroxyl groups is 1. The Morgan fingerprint density at radius 2 is 1.84 bits per heavy atom. The van der Waals surface area contributed by atoms with E-state index in [-0.39, 0.29) is 12.3 Å². The van der Waals surface area contributed by atoms with Gasteiger partial charge in [-0.15, -0.1) is 0 Å². The van der Waals surface area contributed by atoms with Gasteiger partial charge in [-0.25, -0.2) is 0 Å². The minimum absolute atomic E-state index is 0.156. The van der Waals surface area contributed by atoms with Gasteiger partial charge in [0.25, 0.3) is 0 Å².